The van der Waals surface area contributed by atoms with E-state index in [4.69, 9.17) is 9.15 Å². The molecule has 10 heteroatoms. The number of hydrogen-bond donors (Lipinski definition) is 2. The van der Waals surface area contributed by atoms with Gasteiger partial charge in [-0.15, -0.1) is 0 Å². The molecule has 0 aliphatic carbocycles. The number of hydrogen-bond acceptors (Lipinski definition) is 6. The molecule has 0 saturated heterocycles. The highest BCUT2D eigenvalue weighted by Gasteiger charge is 2.12. The lowest BCUT2D eigenvalue weighted by atomic mass is 10.2. The highest BCUT2D eigenvalue weighted by atomic mass is 79.9. The van der Waals surface area contributed by atoms with Crippen LogP contribution in [0.3, 0.4) is 0 Å². The van der Waals surface area contributed by atoms with Gasteiger partial charge in [-0.1, -0.05) is 28.1 Å². The lowest BCUT2D eigenvalue weighted by Crippen LogP contribution is -2.35. The van der Waals surface area contributed by atoms with Gasteiger partial charge in [0.1, 0.15) is 17.3 Å². The van der Waals surface area contributed by atoms with E-state index in [9.17, 15) is 18.8 Å². The van der Waals surface area contributed by atoms with Crippen LogP contribution in [0.5, 0.6) is 5.75 Å². The second-order valence-corrected chi connectivity index (χ2v) is 7.32. The van der Waals surface area contributed by atoms with E-state index in [0.29, 0.717) is 15.8 Å². The summed E-state index contributed by atoms with van der Waals surface area (Å²) in [6.07, 6.45) is 5.43. The molecule has 2 amide bonds. The third-order valence-electron chi connectivity index (χ3n) is 4.03. The zero-order valence-corrected chi connectivity index (χ0v) is 18.5. The minimum absolute atomic E-state index is 0.171. The van der Waals surface area contributed by atoms with Crippen LogP contribution in [0.1, 0.15) is 21.7 Å². The standard InChI is InChI=1S/C23H17BrFN3O5/c24-16-7-9-20(33-22(30)10-8-17-4-3-11-32-17)15(12-16)13-27-28-21(29)14-26-23(31)18-5-1-2-6-19(18)25/h1-13H,14H2,(H,26,31)(H,28,29). The highest BCUT2D eigenvalue weighted by Crippen LogP contribution is 2.22. The molecule has 3 aromatic rings. The van der Waals surface area contributed by atoms with Gasteiger partial charge in [-0.2, -0.15) is 5.10 Å². The number of nitrogens with zero attached hydrogens (tertiary/aromatic N) is 1. The van der Waals surface area contributed by atoms with Gasteiger partial charge < -0.3 is 14.5 Å². The maximum atomic E-state index is 13.6. The fourth-order valence-electron chi connectivity index (χ4n) is 2.51. The molecule has 1 heterocycles. The molecule has 0 saturated carbocycles. The zero-order chi connectivity index (χ0) is 23.6. The summed E-state index contributed by atoms with van der Waals surface area (Å²) in [7, 11) is 0. The summed E-state index contributed by atoms with van der Waals surface area (Å²) in [6, 6.07) is 13.7. The average molecular weight is 514 g/mol. The lowest BCUT2D eigenvalue weighted by molar-refractivity contribution is -0.129. The molecule has 0 atom stereocenters. The third kappa shape index (κ3) is 7.25. The molecular formula is C23H17BrFN3O5. The Morgan fingerprint density at radius 3 is 2.70 bits per heavy atom. The van der Waals surface area contributed by atoms with Gasteiger partial charge in [0.05, 0.1) is 24.6 Å². The van der Waals surface area contributed by atoms with Gasteiger partial charge in [0, 0.05) is 16.1 Å². The fraction of sp³-hybridized carbons (Fsp3) is 0.0435. The molecule has 3 rings (SSSR count). The van der Waals surface area contributed by atoms with E-state index < -0.39 is 30.1 Å². The van der Waals surface area contributed by atoms with Crippen LogP contribution in [0.15, 0.2) is 80.9 Å². The SMILES string of the molecule is O=C(CNC(=O)c1ccccc1F)NN=Cc1cc(Br)ccc1OC(=O)C=Cc1ccco1. The maximum Gasteiger partial charge on any atom is 0.336 e. The largest absolute Gasteiger partial charge is 0.465 e. The van der Waals surface area contributed by atoms with E-state index in [1.54, 1.807) is 30.3 Å². The number of nitrogens with one attached hydrogen (secondary N) is 2. The first-order chi connectivity index (χ1) is 15.9. The van der Waals surface area contributed by atoms with E-state index >= 15 is 0 Å². The molecule has 8 nitrogen and oxygen atoms in total. The van der Waals surface area contributed by atoms with Crippen molar-refractivity contribution < 1.29 is 27.9 Å². The molecule has 0 radical (unpaired) electrons. The predicted octanol–water partition coefficient (Wildman–Crippen LogP) is 3.68. The summed E-state index contributed by atoms with van der Waals surface area (Å²) in [5.41, 5.74) is 2.47. The van der Waals surface area contributed by atoms with Gasteiger partial charge in [0.15, 0.2) is 0 Å². The predicted molar refractivity (Wildman–Crippen MR) is 122 cm³/mol. The highest BCUT2D eigenvalue weighted by molar-refractivity contribution is 9.10. The number of amides is 2. The van der Waals surface area contributed by atoms with Crippen LogP contribution in [0.25, 0.3) is 6.08 Å². The minimum atomic E-state index is -0.726. The quantitative estimate of drug-likeness (QED) is 0.157. The van der Waals surface area contributed by atoms with E-state index in [2.05, 4.69) is 31.8 Å². The lowest BCUT2D eigenvalue weighted by Gasteiger charge is -2.07. The Morgan fingerprint density at radius 1 is 1.12 bits per heavy atom. The molecule has 0 spiro atoms. The van der Waals surface area contributed by atoms with Crippen LogP contribution in [0, 0.1) is 5.82 Å². The van der Waals surface area contributed by atoms with Crippen molar-refractivity contribution in [1.82, 2.24) is 10.7 Å². The fourth-order valence-corrected chi connectivity index (χ4v) is 2.89. The third-order valence-corrected chi connectivity index (χ3v) is 4.52. The van der Waals surface area contributed by atoms with Crippen molar-refractivity contribution in [3.8, 4) is 5.75 Å². The van der Waals surface area contributed by atoms with Crippen LogP contribution in [0.4, 0.5) is 4.39 Å². The van der Waals surface area contributed by atoms with Crippen LogP contribution in [-0.2, 0) is 9.59 Å². The Morgan fingerprint density at radius 2 is 1.94 bits per heavy atom. The summed E-state index contributed by atoms with van der Waals surface area (Å²) in [5.74, 6) is -1.98. The summed E-state index contributed by atoms with van der Waals surface area (Å²) >= 11 is 3.32. The number of rotatable bonds is 8. The number of esters is 1. The van der Waals surface area contributed by atoms with E-state index in [1.165, 1.54) is 42.8 Å². The van der Waals surface area contributed by atoms with Crippen molar-refractivity contribution in [2.75, 3.05) is 6.54 Å². The first-order valence-corrected chi connectivity index (χ1v) is 10.3. The molecule has 0 aliphatic rings. The first kappa shape index (κ1) is 23.6. The van der Waals surface area contributed by atoms with Gasteiger partial charge in [0.2, 0.25) is 0 Å². The van der Waals surface area contributed by atoms with Gasteiger partial charge in [-0.3, -0.25) is 9.59 Å². The monoisotopic (exact) mass is 513 g/mol. The van der Waals surface area contributed by atoms with Gasteiger partial charge in [-0.25, -0.2) is 14.6 Å². The van der Waals surface area contributed by atoms with E-state index in [0.717, 1.165) is 6.07 Å². The normalized spacial score (nSPS) is 11.0. The maximum absolute atomic E-state index is 13.6. The minimum Gasteiger partial charge on any atom is -0.465 e. The Kier molecular flexibility index (Phi) is 8.25. The van der Waals surface area contributed by atoms with Gasteiger partial charge in [0.25, 0.3) is 11.8 Å². The second-order valence-electron chi connectivity index (χ2n) is 6.41. The Balaban J connectivity index is 1.56. The molecule has 0 aliphatic heterocycles. The van der Waals surface area contributed by atoms with Crippen LogP contribution in [0.2, 0.25) is 0 Å². The number of ether oxygens (including phenoxy) is 1. The number of carbonyl (C=O) groups is 3. The molecule has 0 fully saturated rings. The molecule has 1 aromatic heterocycles. The Hall–Kier alpha value is -4.05. The first-order valence-electron chi connectivity index (χ1n) is 9.50. The van der Waals surface area contributed by atoms with Crippen molar-refractivity contribution in [2.45, 2.75) is 0 Å². The molecule has 33 heavy (non-hydrogen) atoms. The van der Waals surface area contributed by atoms with Crippen molar-refractivity contribution in [3.05, 3.63) is 94.1 Å². The van der Waals surface area contributed by atoms with Crippen LogP contribution in [-0.4, -0.2) is 30.5 Å². The van der Waals surface area contributed by atoms with Gasteiger partial charge in [-0.05, 0) is 48.5 Å². The molecule has 0 bridgehead atoms. The molecule has 0 unspecified atom stereocenters. The van der Waals surface area contributed by atoms with Crippen LogP contribution >= 0.6 is 15.9 Å². The Labute approximate surface area is 196 Å². The number of benzene rings is 2. The number of carbonyl (C=O) groups excluding carboxylic acids is 3. The molecule has 2 aromatic carbocycles. The van der Waals surface area contributed by atoms with Crippen molar-refractivity contribution in [2.24, 2.45) is 5.10 Å². The summed E-state index contributed by atoms with van der Waals surface area (Å²) in [4.78, 5) is 36.0. The van der Waals surface area contributed by atoms with E-state index in [-0.39, 0.29) is 11.3 Å². The smallest absolute Gasteiger partial charge is 0.336 e. The molecule has 168 valence electrons. The van der Waals surface area contributed by atoms with Gasteiger partial charge >= 0.3 is 5.97 Å². The summed E-state index contributed by atoms with van der Waals surface area (Å²) in [5, 5.41) is 6.11. The molecular weight excluding hydrogens is 497 g/mol. The summed E-state index contributed by atoms with van der Waals surface area (Å²) < 4.78 is 24.7. The van der Waals surface area contributed by atoms with Crippen molar-refractivity contribution >= 4 is 46.0 Å². The second kappa shape index (κ2) is 11.5. The molecule has 2 N–H and O–H groups in total. The van der Waals surface area contributed by atoms with Crippen molar-refractivity contribution in [3.63, 3.8) is 0 Å². The van der Waals surface area contributed by atoms with Crippen molar-refractivity contribution in [1.29, 1.82) is 0 Å². The zero-order valence-electron chi connectivity index (χ0n) is 17.0. The van der Waals surface area contributed by atoms with Crippen LogP contribution < -0.4 is 15.5 Å². The number of halogens is 2. The topological polar surface area (TPSA) is 110 Å². The Bertz CT molecular complexity index is 1210. The number of hydrazone groups is 1. The van der Waals surface area contributed by atoms with E-state index in [1.807, 2.05) is 0 Å². The summed E-state index contributed by atoms with van der Waals surface area (Å²) in [6.45, 7) is -0.414. The average Bonchev–Trinajstić information content (AvgIpc) is 3.32. The number of furan rings is 1.